The molecular weight excluding hydrogens is 440 g/mol. The molecule has 0 fully saturated rings. The van der Waals surface area contributed by atoms with E-state index in [9.17, 15) is 9.59 Å². The second-order valence-electron chi connectivity index (χ2n) is 7.80. The summed E-state index contributed by atoms with van der Waals surface area (Å²) in [5, 5.41) is 9.28. The molecular formula is C24H28N4O4S. The maximum atomic E-state index is 12.8. The largest absolute Gasteiger partial charge is 0.495 e. The average Bonchev–Trinajstić information content (AvgIpc) is 2.77. The zero-order chi connectivity index (χ0) is 24.1. The number of urea groups is 1. The molecule has 0 aromatic heterocycles. The topological polar surface area (TPSA) is 91.9 Å². The molecule has 8 nitrogen and oxygen atoms in total. The van der Waals surface area contributed by atoms with Crippen LogP contribution in [-0.2, 0) is 9.53 Å². The minimum atomic E-state index is -0.462. The van der Waals surface area contributed by atoms with Crippen molar-refractivity contribution in [1.29, 1.82) is 0 Å². The number of benzene rings is 2. The highest BCUT2D eigenvalue weighted by molar-refractivity contribution is 7.80. The number of hydrogen-bond acceptors (Lipinski definition) is 5. The summed E-state index contributed by atoms with van der Waals surface area (Å²) in [6.07, 6.45) is -0.244. The van der Waals surface area contributed by atoms with Crippen LogP contribution in [-0.4, -0.2) is 42.3 Å². The van der Waals surface area contributed by atoms with E-state index < -0.39 is 18.0 Å². The number of hydrogen-bond donors (Lipinski definition) is 3. The zero-order valence-electron chi connectivity index (χ0n) is 19.3. The monoisotopic (exact) mass is 468 g/mol. The van der Waals surface area contributed by atoms with E-state index in [2.05, 4.69) is 16.0 Å². The fraction of sp³-hybridized carbons (Fsp3) is 0.292. The molecule has 33 heavy (non-hydrogen) atoms. The summed E-state index contributed by atoms with van der Waals surface area (Å²) in [7, 11) is 3.35. The molecule has 1 atom stereocenters. The van der Waals surface area contributed by atoms with Gasteiger partial charge in [-0.1, -0.05) is 24.3 Å². The van der Waals surface area contributed by atoms with E-state index in [-0.39, 0.29) is 6.10 Å². The molecule has 0 saturated carbocycles. The van der Waals surface area contributed by atoms with Crippen LogP contribution in [0.15, 0.2) is 59.8 Å². The third-order valence-electron chi connectivity index (χ3n) is 5.17. The van der Waals surface area contributed by atoms with E-state index in [1.165, 1.54) is 0 Å². The van der Waals surface area contributed by atoms with Crippen LogP contribution in [0.1, 0.15) is 32.4 Å². The van der Waals surface area contributed by atoms with Crippen LogP contribution < -0.4 is 20.7 Å². The first-order valence-corrected chi connectivity index (χ1v) is 10.9. The Labute approximate surface area is 198 Å². The molecule has 2 aromatic rings. The molecule has 1 aliphatic rings. The number of ether oxygens (including phenoxy) is 2. The highest BCUT2D eigenvalue weighted by Crippen LogP contribution is 2.31. The Morgan fingerprint density at radius 3 is 2.39 bits per heavy atom. The van der Waals surface area contributed by atoms with Gasteiger partial charge in [-0.3, -0.25) is 0 Å². The number of rotatable bonds is 6. The molecule has 3 N–H and O–H groups in total. The molecule has 1 heterocycles. The van der Waals surface area contributed by atoms with Crippen molar-refractivity contribution in [2.45, 2.75) is 32.9 Å². The van der Waals surface area contributed by atoms with Crippen molar-refractivity contribution >= 4 is 40.7 Å². The van der Waals surface area contributed by atoms with E-state index >= 15 is 0 Å². The molecule has 0 aliphatic carbocycles. The number of nitrogens with zero attached hydrogens (tertiary/aromatic N) is 1. The Morgan fingerprint density at radius 1 is 1.09 bits per heavy atom. The van der Waals surface area contributed by atoms with Crippen molar-refractivity contribution in [3.05, 3.63) is 65.4 Å². The molecule has 0 saturated heterocycles. The Bertz CT molecular complexity index is 1080. The van der Waals surface area contributed by atoms with Gasteiger partial charge < -0.3 is 30.3 Å². The maximum Gasteiger partial charge on any atom is 0.338 e. The summed E-state index contributed by atoms with van der Waals surface area (Å²) in [6, 6.07) is 13.5. The van der Waals surface area contributed by atoms with Gasteiger partial charge in [0.05, 0.1) is 30.5 Å². The summed E-state index contributed by atoms with van der Waals surface area (Å²) in [5.41, 5.74) is 3.19. The summed E-state index contributed by atoms with van der Waals surface area (Å²) >= 11 is 5.43. The first-order chi connectivity index (χ1) is 15.7. The van der Waals surface area contributed by atoms with Gasteiger partial charge in [0.2, 0.25) is 0 Å². The third-order valence-corrected chi connectivity index (χ3v) is 5.57. The number of esters is 1. The van der Waals surface area contributed by atoms with Crippen LogP contribution in [0.4, 0.5) is 16.2 Å². The fourth-order valence-corrected chi connectivity index (χ4v) is 3.67. The predicted octanol–water partition coefficient (Wildman–Crippen LogP) is 4.43. The minimum absolute atomic E-state index is 0.244. The molecule has 9 heteroatoms. The maximum absolute atomic E-state index is 12.8. The first-order valence-electron chi connectivity index (χ1n) is 10.5. The van der Waals surface area contributed by atoms with Gasteiger partial charge in [-0.25, -0.2) is 9.59 Å². The number of thiocarbonyl (C=S) groups is 1. The van der Waals surface area contributed by atoms with Crippen LogP contribution >= 0.6 is 12.2 Å². The number of carbonyl (C=O) groups is 2. The normalized spacial score (nSPS) is 15.8. The highest BCUT2D eigenvalue weighted by Gasteiger charge is 2.33. The van der Waals surface area contributed by atoms with E-state index in [4.69, 9.17) is 21.7 Å². The van der Waals surface area contributed by atoms with Crippen molar-refractivity contribution in [2.24, 2.45) is 0 Å². The molecule has 0 bridgehead atoms. The van der Waals surface area contributed by atoms with E-state index in [1.807, 2.05) is 45.0 Å². The smallest absolute Gasteiger partial charge is 0.338 e. The van der Waals surface area contributed by atoms with Crippen LogP contribution in [0.5, 0.6) is 5.75 Å². The van der Waals surface area contributed by atoms with Crippen LogP contribution in [0.2, 0.25) is 0 Å². The van der Waals surface area contributed by atoms with Crippen molar-refractivity contribution < 1.29 is 19.1 Å². The van der Waals surface area contributed by atoms with Gasteiger partial charge in [-0.2, -0.15) is 0 Å². The fourth-order valence-electron chi connectivity index (χ4n) is 3.42. The van der Waals surface area contributed by atoms with Crippen molar-refractivity contribution in [2.75, 3.05) is 24.8 Å². The van der Waals surface area contributed by atoms with Gasteiger partial charge >= 0.3 is 12.0 Å². The molecule has 0 radical (unpaired) electrons. The van der Waals surface area contributed by atoms with Crippen LogP contribution in [0.3, 0.4) is 0 Å². The van der Waals surface area contributed by atoms with E-state index in [0.717, 1.165) is 11.3 Å². The standard InChI is InChI=1S/C24H28N4O4S/c1-14(2)32-22(29)20-15(3)28(4)24(33)27-21(20)16-10-12-17(13-11-16)25-23(30)26-18-8-6-7-9-19(18)31-5/h6-14,21H,1-5H3,(H,27,33)(H2,25,26,30). The molecule has 3 rings (SSSR count). The molecule has 0 spiro atoms. The summed E-state index contributed by atoms with van der Waals surface area (Å²) in [4.78, 5) is 27.0. The summed E-state index contributed by atoms with van der Waals surface area (Å²) < 4.78 is 10.7. The van der Waals surface area contributed by atoms with Gasteiger partial charge in [-0.15, -0.1) is 0 Å². The van der Waals surface area contributed by atoms with Gasteiger partial charge in [0.1, 0.15) is 5.75 Å². The Balaban J connectivity index is 1.78. The van der Waals surface area contributed by atoms with Crippen LogP contribution in [0.25, 0.3) is 0 Å². The van der Waals surface area contributed by atoms with Gasteiger partial charge in [0.15, 0.2) is 5.11 Å². The lowest BCUT2D eigenvalue weighted by Gasteiger charge is -2.35. The number of para-hydroxylation sites is 2. The summed E-state index contributed by atoms with van der Waals surface area (Å²) in [5.74, 6) is 0.169. The lowest BCUT2D eigenvalue weighted by Crippen LogP contribution is -2.46. The molecule has 174 valence electrons. The highest BCUT2D eigenvalue weighted by atomic mass is 32.1. The molecule has 1 aliphatic heterocycles. The van der Waals surface area contributed by atoms with E-state index in [0.29, 0.717) is 27.8 Å². The van der Waals surface area contributed by atoms with Gasteiger partial charge in [0.25, 0.3) is 0 Å². The van der Waals surface area contributed by atoms with Gasteiger partial charge in [-0.05, 0) is 62.8 Å². The number of amides is 2. The number of nitrogens with one attached hydrogen (secondary N) is 3. The minimum Gasteiger partial charge on any atom is -0.495 e. The number of allylic oxidation sites excluding steroid dienone is 1. The Morgan fingerprint density at radius 2 is 1.76 bits per heavy atom. The Hall–Kier alpha value is -3.59. The predicted molar refractivity (Wildman–Crippen MR) is 132 cm³/mol. The van der Waals surface area contributed by atoms with Crippen molar-refractivity contribution in [3.8, 4) is 5.75 Å². The van der Waals surface area contributed by atoms with Crippen molar-refractivity contribution in [3.63, 3.8) is 0 Å². The third kappa shape index (κ3) is 5.61. The van der Waals surface area contributed by atoms with E-state index in [1.54, 1.807) is 43.3 Å². The summed E-state index contributed by atoms with van der Waals surface area (Å²) in [6.45, 7) is 5.46. The second kappa shape index (κ2) is 10.4. The average molecular weight is 469 g/mol. The lowest BCUT2D eigenvalue weighted by atomic mass is 9.95. The van der Waals surface area contributed by atoms with Crippen molar-refractivity contribution in [1.82, 2.24) is 10.2 Å². The zero-order valence-corrected chi connectivity index (χ0v) is 20.1. The second-order valence-corrected chi connectivity index (χ2v) is 8.18. The number of carbonyl (C=O) groups excluding carboxylic acids is 2. The SMILES string of the molecule is COc1ccccc1NC(=O)Nc1ccc(C2NC(=S)N(C)C(C)=C2C(=O)OC(C)C)cc1. The Kier molecular flexibility index (Phi) is 7.55. The van der Waals surface area contributed by atoms with Gasteiger partial charge in [0, 0.05) is 18.4 Å². The number of anilines is 2. The molecule has 2 amide bonds. The number of methoxy groups -OCH3 is 1. The molecule has 2 aromatic carbocycles. The van der Waals surface area contributed by atoms with Crippen LogP contribution in [0, 0.1) is 0 Å². The molecule has 1 unspecified atom stereocenters. The first kappa shape index (κ1) is 24.1. The quantitative estimate of drug-likeness (QED) is 0.427. The lowest BCUT2D eigenvalue weighted by molar-refractivity contribution is -0.143.